The van der Waals surface area contributed by atoms with Gasteiger partial charge in [-0.3, -0.25) is 5.32 Å². The van der Waals surface area contributed by atoms with Crippen LogP contribution in [0.15, 0.2) is 59.1 Å². The van der Waals surface area contributed by atoms with Crippen LogP contribution < -0.4 is 10.1 Å². The molecule has 0 aliphatic rings. The van der Waals surface area contributed by atoms with E-state index in [0.717, 1.165) is 17.5 Å². The van der Waals surface area contributed by atoms with Gasteiger partial charge in [-0.1, -0.05) is 54.5 Å². The van der Waals surface area contributed by atoms with Gasteiger partial charge in [0.25, 0.3) is 0 Å². The van der Waals surface area contributed by atoms with Crippen LogP contribution in [0.3, 0.4) is 0 Å². The maximum absolute atomic E-state index is 12.4. The lowest BCUT2D eigenvalue weighted by molar-refractivity contribution is -0.153. The maximum Gasteiger partial charge on any atom is 0.422 e. The quantitative estimate of drug-likeness (QED) is 0.552. The van der Waals surface area contributed by atoms with Gasteiger partial charge in [-0.15, -0.1) is 0 Å². The summed E-state index contributed by atoms with van der Waals surface area (Å²) in [5.74, 6) is 1.26. The van der Waals surface area contributed by atoms with Crippen molar-refractivity contribution in [2.75, 3.05) is 6.61 Å². The Labute approximate surface area is 166 Å². The third-order valence-electron chi connectivity index (χ3n) is 4.15. The zero-order chi connectivity index (χ0) is 20.7. The second-order valence-corrected chi connectivity index (χ2v) is 6.57. The standard InChI is InChI=1S/C21H22F3N3O2/c1-2-7-18-26-20(27-29-18)19(16-9-4-3-5-10-16)25-13-15-8-6-11-17(12-15)28-14-21(22,23)24/h3-6,8-12,19,25H,2,7,13-14H2,1H3. The first-order valence-electron chi connectivity index (χ1n) is 9.34. The molecule has 0 bridgehead atoms. The van der Waals surface area contributed by atoms with Gasteiger partial charge in [0.05, 0.1) is 6.04 Å². The van der Waals surface area contributed by atoms with E-state index in [9.17, 15) is 13.2 Å². The number of aryl methyl sites for hydroxylation is 1. The van der Waals surface area contributed by atoms with Gasteiger partial charge in [-0.05, 0) is 29.7 Å². The highest BCUT2D eigenvalue weighted by Crippen LogP contribution is 2.22. The summed E-state index contributed by atoms with van der Waals surface area (Å²) >= 11 is 0. The van der Waals surface area contributed by atoms with Gasteiger partial charge in [-0.25, -0.2) is 0 Å². The number of hydrogen-bond donors (Lipinski definition) is 1. The van der Waals surface area contributed by atoms with E-state index in [2.05, 4.69) is 15.5 Å². The highest BCUT2D eigenvalue weighted by Gasteiger charge is 2.28. The number of alkyl halides is 3. The number of benzene rings is 2. The minimum atomic E-state index is -4.37. The third kappa shape index (κ3) is 6.32. The third-order valence-corrected chi connectivity index (χ3v) is 4.15. The topological polar surface area (TPSA) is 60.2 Å². The summed E-state index contributed by atoms with van der Waals surface area (Å²) in [4.78, 5) is 4.47. The summed E-state index contributed by atoms with van der Waals surface area (Å²) in [6.07, 6.45) is -2.77. The minimum Gasteiger partial charge on any atom is -0.484 e. The molecule has 1 N–H and O–H groups in total. The zero-order valence-corrected chi connectivity index (χ0v) is 15.9. The van der Waals surface area contributed by atoms with Crippen LogP contribution in [0.25, 0.3) is 0 Å². The van der Waals surface area contributed by atoms with Crippen molar-refractivity contribution in [3.05, 3.63) is 77.4 Å². The van der Waals surface area contributed by atoms with Crippen LogP contribution in [0.5, 0.6) is 5.75 Å². The molecule has 29 heavy (non-hydrogen) atoms. The lowest BCUT2D eigenvalue weighted by Gasteiger charge is -2.16. The van der Waals surface area contributed by atoms with Gasteiger partial charge < -0.3 is 9.26 Å². The zero-order valence-electron chi connectivity index (χ0n) is 15.9. The van der Waals surface area contributed by atoms with Crippen molar-refractivity contribution in [2.45, 2.75) is 38.5 Å². The summed E-state index contributed by atoms with van der Waals surface area (Å²) in [5.41, 5.74) is 1.74. The molecule has 5 nitrogen and oxygen atoms in total. The molecule has 0 saturated carbocycles. The largest absolute Gasteiger partial charge is 0.484 e. The molecular formula is C21H22F3N3O2. The summed E-state index contributed by atoms with van der Waals surface area (Å²) in [6, 6.07) is 15.9. The van der Waals surface area contributed by atoms with Gasteiger partial charge in [0.1, 0.15) is 5.75 Å². The van der Waals surface area contributed by atoms with Crippen molar-refractivity contribution in [2.24, 2.45) is 0 Å². The van der Waals surface area contributed by atoms with Crippen LogP contribution in [-0.2, 0) is 13.0 Å². The van der Waals surface area contributed by atoms with Gasteiger partial charge in [0.15, 0.2) is 12.4 Å². The molecular weight excluding hydrogens is 383 g/mol. The first-order chi connectivity index (χ1) is 13.9. The lowest BCUT2D eigenvalue weighted by atomic mass is 10.1. The first-order valence-corrected chi connectivity index (χ1v) is 9.34. The van der Waals surface area contributed by atoms with Gasteiger partial charge in [0, 0.05) is 13.0 Å². The molecule has 0 aliphatic carbocycles. The summed E-state index contributed by atoms with van der Waals surface area (Å²) in [6.45, 7) is 1.10. The molecule has 1 aromatic heterocycles. The fourth-order valence-corrected chi connectivity index (χ4v) is 2.83. The molecule has 2 aromatic carbocycles. The molecule has 1 heterocycles. The Morgan fingerprint density at radius 3 is 2.62 bits per heavy atom. The molecule has 0 radical (unpaired) electrons. The van der Waals surface area contributed by atoms with E-state index in [1.165, 1.54) is 6.07 Å². The van der Waals surface area contributed by atoms with E-state index in [4.69, 9.17) is 9.26 Å². The van der Waals surface area contributed by atoms with Gasteiger partial charge >= 0.3 is 6.18 Å². The van der Waals surface area contributed by atoms with Crippen molar-refractivity contribution in [3.8, 4) is 5.75 Å². The first kappa shape index (κ1) is 20.9. The van der Waals surface area contributed by atoms with E-state index in [-0.39, 0.29) is 11.8 Å². The highest BCUT2D eigenvalue weighted by molar-refractivity contribution is 5.29. The minimum absolute atomic E-state index is 0.169. The predicted molar refractivity (Wildman–Crippen MR) is 101 cm³/mol. The van der Waals surface area contributed by atoms with E-state index >= 15 is 0 Å². The van der Waals surface area contributed by atoms with E-state index in [0.29, 0.717) is 24.7 Å². The summed E-state index contributed by atoms with van der Waals surface area (Å²) in [5, 5.41) is 7.46. The molecule has 8 heteroatoms. The number of halogens is 3. The average Bonchev–Trinajstić information content (AvgIpc) is 3.16. The number of ether oxygens (including phenoxy) is 1. The molecule has 3 rings (SSSR count). The fraction of sp³-hybridized carbons (Fsp3) is 0.333. The van der Waals surface area contributed by atoms with Gasteiger partial charge in [-0.2, -0.15) is 18.2 Å². The number of nitrogens with one attached hydrogen (secondary N) is 1. The van der Waals surface area contributed by atoms with Crippen LogP contribution in [-0.4, -0.2) is 22.9 Å². The van der Waals surface area contributed by atoms with Crippen LogP contribution >= 0.6 is 0 Å². The molecule has 1 atom stereocenters. The maximum atomic E-state index is 12.4. The van der Waals surface area contributed by atoms with Crippen LogP contribution in [0.1, 0.15) is 42.2 Å². The Hall–Kier alpha value is -2.87. The normalized spacial score (nSPS) is 12.7. The molecule has 1 unspecified atom stereocenters. The molecule has 154 valence electrons. The van der Waals surface area contributed by atoms with Crippen molar-refractivity contribution in [1.82, 2.24) is 15.5 Å². The van der Waals surface area contributed by atoms with E-state index in [1.807, 2.05) is 43.3 Å². The second kappa shape index (κ2) is 9.56. The molecule has 0 saturated heterocycles. The second-order valence-electron chi connectivity index (χ2n) is 6.57. The summed E-state index contributed by atoms with van der Waals surface area (Å²) < 4.78 is 47.2. The SMILES string of the molecule is CCCc1nc(C(NCc2cccc(OCC(F)(F)F)c2)c2ccccc2)no1. The molecule has 0 aliphatic heterocycles. The summed E-state index contributed by atoms with van der Waals surface area (Å²) in [7, 11) is 0. The number of aromatic nitrogens is 2. The Balaban J connectivity index is 1.73. The smallest absolute Gasteiger partial charge is 0.422 e. The van der Waals surface area contributed by atoms with Crippen LogP contribution in [0, 0.1) is 0 Å². The number of hydrogen-bond acceptors (Lipinski definition) is 5. The van der Waals surface area contributed by atoms with Crippen molar-refractivity contribution < 1.29 is 22.4 Å². The lowest BCUT2D eigenvalue weighted by Crippen LogP contribution is -2.23. The monoisotopic (exact) mass is 405 g/mol. The highest BCUT2D eigenvalue weighted by atomic mass is 19.4. The van der Waals surface area contributed by atoms with Crippen molar-refractivity contribution >= 4 is 0 Å². The van der Waals surface area contributed by atoms with Gasteiger partial charge in [0.2, 0.25) is 5.89 Å². The Bertz CT molecular complexity index is 897. The van der Waals surface area contributed by atoms with E-state index in [1.54, 1.807) is 12.1 Å². The Morgan fingerprint density at radius 1 is 1.10 bits per heavy atom. The number of nitrogens with zero attached hydrogens (tertiary/aromatic N) is 2. The molecule has 0 amide bonds. The predicted octanol–water partition coefficient (Wildman–Crippen LogP) is 4.84. The van der Waals surface area contributed by atoms with Crippen molar-refractivity contribution in [1.29, 1.82) is 0 Å². The molecule has 0 spiro atoms. The Morgan fingerprint density at radius 2 is 1.90 bits per heavy atom. The van der Waals surface area contributed by atoms with Crippen LogP contribution in [0.2, 0.25) is 0 Å². The van der Waals surface area contributed by atoms with Crippen molar-refractivity contribution in [3.63, 3.8) is 0 Å². The molecule has 0 fully saturated rings. The molecule has 3 aromatic rings. The van der Waals surface area contributed by atoms with E-state index < -0.39 is 12.8 Å². The van der Waals surface area contributed by atoms with Crippen LogP contribution in [0.4, 0.5) is 13.2 Å². The Kier molecular flexibility index (Phi) is 6.87. The average molecular weight is 405 g/mol. The fourth-order valence-electron chi connectivity index (χ4n) is 2.83. The number of rotatable bonds is 9.